The van der Waals surface area contributed by atoms with Crippen molar-refractivity contribution in [1.29, 1.82) is 0 Å². The monoisotopic (exact) mass is 253 g/mol. The van der Waals surface area contributed by atoms with E-state index in [-0.39, 0.29) is 18.6 Å². The average molecular weight is 253 g/mol. The molecule has 18 heavy (non-hydrogen) atoms. The van der Waals surface area contributed by atoms with Crippen LogP contribution in [0, 0.1) is 0 Å². The van der Waals surface area contributed by atoms with Gasteiger partial charge in [-0.3, -0.25) is 4.79 Å². The Morgan fingerprint density at radius 1 is 1.28 bits per heavy atom. The molecule has 1 unspecified atom stereocenters. The quantitative estimate of drug-likeness (QED) is 0.792. The second-order valence-electron chi connectivity index (χ2n) is 3.70. The second kappa shape index (κ2) is 7.68. The third-order valence-electron chi connectivity index (χ3n) is 2.53. The molecule has 1 aromatic carbocycles. The van der Waals surface area contributed by atoms with Gasteiger partial charge >= 0.3 is 0 Å². The maximum absolute atomic E-state index is 11.3. The summed E-state index contributed by atoms with van der Waals surface area (Å²) in [5.41, 5.74) is 0.903. The highest BCUT2D eigenvalue weighted by Crippen LogP contribution is 2.26. The van der Waals surface area contributed by atoms with E-state index in [0.29, 0.717) is 6.54 Å². The largest absolute Gasteiger partial charge is 0.496 e. The van der Waals surface area contributed by atoms with Crippen LogP contribution in [0.1, 0.15) is 11.7 Å². The topological polar surface area (TPSA) is 56.8 Å². The molecule has 0 fully saturated rings. The van der Waals surface area contributed by atoms with E-state index in [1.807, 2.05) is 24.3 Å². The highest BCUT2D eigenvalue weighted by molar-refractivity contribution is 5.77. The van der Waals surface area contributed by atoms with E-state index in [2.05, 4.69) is 5.32 Å². The van der Waals surface area contributed by atoms with Crippen molar-refractivity contribution < 1.29 is 19.0 Å². The Hall–Kier alpha value is -1.59. The molecule has 1 aromatic rings. The minimum absolute atomic E-state index is 0.0440. The molecule has 0 bridgehead atoms. The molecule has 5 nitrogen and oxygen atoms in total. The van der Waals surface area contributed by atoms with Crippen molar-refractivity contribution in [2.45, 2.75) is 6.10 Å². The number of ether oxygens (including phenoxy) is 3. The van der Waals surface area contributed by atoms with Crippen molar-refractivity contribution in [3.05, 3.63) is 29.8 Å². The Morgan fingerprint density at radius 3 is 2.61 bits per heavy atom. The van der Waals surface area contributed by atoms with Gasteiger partial charge in [0.1, 0.15) is 18.5 Å². The van der Waals surface area contributed by atoms with E-state index in [1.54, 1.807) is 14.2 Å². The average Bonchev–Trinajstić information content (AvgIpc) is 2.40. The summed E-state index contributed by atoms with van der Waals surface area (Å²) in [5, 5.41) is 2.74. The SMILES string of the molecule is COCC(=O)NCC(OC)c1ccccc1OC. The lowest BCUT2D eigenvalue weighted by atomic mass is 10.1. The van der Waals surface area contributed by atoms with E-state index >= 15 is 0 Å². The van der Waals surface area contributed by atoms with Crippen LogP contribution in [0.15, 0.2) is 24.3 Å². The molecule has 1 N–H and O–H groups in total. The van der Waals surface area contributed by atoms with Gasteiger partial charge < -0.3 is 19.5 Å². The van der Waals surface area contributed by atoms with Crippen LogP contribution < -0.4 is 10.1 Å². The van der Waals surface area contributed by atoms with E-state index in [9.17, 15) is 4.79 Å². The molecule has 100 valence electrons. The van der Waals surface area contributed by atoms with Crippen molar-refractivity contribution in [2.75, 3.05) is 34.5 Å². The maximum Gasteiger partial charge on any atom is 0.246 e. The zero-order chi connectivity index (χ0) is 13.4. The van der Waals surface area contributed by atoms with Gasteiger partial charge in [-0.1, -0.05) is 18.2 Å². The van der Waals surface area contributed by atoms with Gasteiger partial charge in [-0.25, -0.2) is 0 Å². The number of hydrogen-bond acceptors (Lipinski definition) is 4. The van der Waals surface area contributed by atoms with Crippen molar-refractivity contribution >= 4 is 5.91 Å². The molecule has 0 aliphatic heterocycles. The number of methoxy groups -OCH3 is 3. The standard InChI is InChI=1S/C13H19NO4/c1-16-9-13(15)14-8-12(18-3)10-6-4-5-7-11(10)17-2/h4-7,12H,8-9H2,1-3H3,(H,14,15). The molecular formula is C13H19NO4. The van der Waals surface area contributed by atoms with Crippen LogP contribution in [-0.2, 0) is 14.3 Å². The summed E-state index contributed by atoms with van der Waals surface area (Å²) in [5.74, 6) is 0.569. The number of amides is 1. The van der Waals surface area contributed by atoms with E-state index in [4.69, 9.17) is 14.2 Å². The minimum atomic E-state index is -0.248. The van der Waals surface area contributed by atoms with Crippen LogP contribution in [0.25, 0.3) is 0 Å². The van der Waals surface area contributed by atoms with E-state index in [0.717, 1.165) is 11.3 Å². The summed E-state index contributed by atoms with van der Waals surface area (Å²) in [6.45, 7) is 0.418. The van der Waals surface area contributed by atoms with Gasteiger partial charge in [-0.2, -0.15) is 0 Å². The molecule has 0 aliphatic carbocycles. The highest BCUT2D eigenvalue weighted by atomic mass is 16.5. The van der Waals surface area contributed by atoms with Crippen molar-refractivity contribution in [2.24, 2.45) is 0 Å². The summed E-state index contributed by atoms with van der Waals surface area (Å²) in [4.78, 5) is 11.3. The minimum Gasteiger partial charge on any atom is -0.496 e. The molecule has 1 amide bonds. The van der Waals surface area contributed by atoms with Gasteiger partial charge in [0, 0.05) is 26.3 Å². The Labute approximate surface area is 107 Å². The van der Waals surface area contributed by atoms with Gasteiger partial charge in [0.2, 0.25) is 5.91 Å². The number of carbonyl (C=O) groups excluding carboxylic acids is 1. The summed E-state index contributed by atoms with van der Waals surface area (Å²) in [6.07, 6.45) is -0.248. The molecule has 0 spiro atoms. The third-order valence-corrected chi connectivity index (χ3v) is 2.53. The zero-order valence-corrected chi connectivity index (χ0v) is 10.9. The first-order chi connectivity index (χ1) is 8.72. The summed E-state index contributed by atoms with van der Waals surface area (Å²) < 4.78 is 15.4. The number of benzene rings is 1. The number of rotatable bonds is 7. The Morgan fingerprint density at radius 2 is 2.00 bits per heavy atom. The molecule has 0 heterocycles. The number of nitrogens with one attached hydrogen (secondary N) is 1. The molecular weight excluding hydrogens is 234 g/mol. The highest BCUT2D eigenvalue weighted by Gasteiger charge is 2.15. The van der Waals surface area contributed by atoms with Gasteiger partial charge in [-0.05, 0) is 6.07 Å². The molecule has 1 rings (SSSR count). The maximum atomic E-state index is 11.3. The first kappa shape index (κ1) is 14.5. The van der Waals surface area contributed by atoms with Gasteiger partial charge in [0.05, 0.1) is 7.11 Å². The van der Waals surface area contributed by atoms with Gasteiger partial charge in [-0.15, -0.1) is 0 Å². The first-order valence-electron chi connectivity index (χ1n) is 5.64. The van der Waals surface area contributed by atoms with Crippen LogP contribution >= 0.6 is 0 Å². The first-order valence-corrected chi connectivity index (χ1v) is 5.64. The lowest BCUT2D eigenvalue weighted by Crippen LogP contribution is -2.31. The molecule has 1 atom stereocenters. The lowest BCUT2D eigenvalue weighted by Gasteiger charge is -2.18. The number of hydrogen-bond donors (Lipinski definition) is 1. The fraction of sp³-hybridized carbons (Fsp3) is 0.462. The Bertz CT molecular complexity index is 381. The lowest BCUT2D eigenvalue weighted by molar-refractivity contribution is -0.125. The van der Waals surface area contributed by atoms with Crippen molar-refractivity contribution in [3.8, 4) is 5.75 Å². The normalized spacial score (nSPS) is 11.9. The third kappa shape index (κ3) is 4.01. The van der Waals surface area contributed by atoms with Crippen LogP contribution in [0.2, 0.25) is 0 Å². The molecule has 0 aliphatic rings. The zero-order valence-electron chi connectivity index (χ0n) is 10.9. The smallest absolute Gasteiger partial charge is 0.246 e. The van der Waals surface area contributed by atoms with Crippen LogP contribution in [0.5, 0.6) is 5.75 Å². The predicted octanol–water partition coefficient (Wildman–Crippen LogP) is 1.15. The second-order valence-corrected chi connectivity index (χ2v) is 3.70. The predicted molar refractivity (Wildman–Crippen MR) is 67.6 cm³/mol. The fourth-order valence-electron chi connectivity index (χ4n) is 1.64. The van der Waals surface area contributed by atoms with Gasteiger partial charge in [0.15, 0.2) is 0 Å². The number of para-hydroxylation sites is 1. The summed E-state index contributed by atoms with van der Waals surface area (Å²) in [6, 6.07) is 7.56. The Kier molecular flexibility index (Phi) is 6.18. The summed E-state index contributed by atoms with van der Waals surface area (Å²) >= 11 is 0. The molecule has 5 heteroatoms. The van der Waals surface area contributed by atoms with Crippen LogP contribution in [0.4, 0.5) is 0 Å². The van der Waals surface area contributed by atoms with E-state index < -0.39 is 0 Å². The molecule has 0 saturated heterocycles. The van der Waals surface area contributed by atoms with Crippen molar-refractivity contribution in [3.63, 3.8) is 0 Å². The molecule has 0 aromatic heterocycles. The summed E-state index contributed by atoms with van der Waals surface area (Å²) in [7, 11) is 4.68. The van der Waals surface area contributed by atoms with Crippen molar-refractivity contribution in [1.82, 2.24) is 5.32 Å². The number of carbonyl (C=O) groups is 1. The Balaban J connectivity index is 2.68. The molecule has 0 saturated carbocycles. The van der Waals surface area contributed by atoms with E-state index in [1.165, 1.54) is 7.11 Å². The van der Waals surface area contributed by atoms with Gasteiger partial charge in [0.25, 0.3) is 0 Å². The molecule has 0 radical (unpaired) electrons. The van der Waals surface area contributed by atoms with Crippen LogP contribution in [-0.4, -0.2) is 40.4 Å². The fourth-order valence-corrected chi connectivity index (χ4v) is 1.64. The van der Waals surface area contributed by atoms with Crippen LogP contribution in [0.3, 0.4) is 0 Å².